The van der Waals surface area contributed by atoms with E-state index in [1.54, 1.807) is 0 Å². The normalized spacial score (nSPS) is 22.9. The minimum absolute atomic E-state index is 0.190. The van der Waals surface area contributed by atoms with Crippen LogP contribution in [0.3, 0.4) is 0 Å². The predicted octanol–water partition coefficient (Wildman–Crippen LogP) is 5.53. The molecule has 140 valence electrons. The number of allylic oxidation sites excluding steroid dienone is 1. The molecule has 0 spiro atoms. The summed E-state index contributed by atoms with van der Waals surface area (Å²) in [6.45, 7) is 0. The van der Waals surface area contributed by atoms with Crippen LogP contribution >= 0.6 is 11.3 Å². The van der Waals surface area contributed by atoms with E-state index in [4.69, 9.17) is 10.8 Å². The Balaban J connectivity index is 1.59. The molecule has 1 aliphatic heterocycles. The van der Waals surface area contributed by atoms with Gasteiger partial charge < -0.3 is 5.73 Å². The molecule has 0 radical (unpaired) electrons. The van der Waals surface area contributed by atoms with E-state index in [9.17, 15) is 0 Å². The quantitative estimate of drug-likeness (QED) is 0.644. The number of hydrogen-bond donors (Lipinski definition) is 1. The zero-order valence-electron chi connectivity index (χ0n) is 15.5. The molecule has 28 heavy (non-hydrogen) atoms. The number of benzene rings is 2. The minimum Gasteiger partial charge on any atom is -0.375 e. The summed E-state index contributed by atoms with van der Waals surface area (Å²) in [5.74, 6) is 0.384. The van der Waals surface area contributed by atoms with E-state index in [2.05, 4.69) is 76.7 Å². The summed E-state index contributed by atoms with van der Waals surface area (Å²) in [6, 6.07) is 21.4. The number of hydrogen-bond acceptors (Lipinski definition) is 5. The molecule has 2 heterocycles. The lowest BCUT2D eigenvalue weighted by atomic mass is 9.77. The van der Waals surface area contributed by atoms with Crippen molar-refractivity contribution < 1.29 is 0 Å². The molecule has 5 heteroatoms. The lowest BCUT2D eigenvalue weighted by Crippen LogP contribution is -2.27. The van der Waals surface area contributed by atoms with E-state index in [-0.39, 0.29) is 6.04 Å². The first-order chi connectivity index (χ1) is 13.8. The maximum atomic E-state index is 5.93. The highest BCUT2D eigenvalue weighted by molar-refractivity contribution is 7.19. The monoisotopic (exact) mass is 386 g/mol. The van der Waals surface area contributed by atoms with Gasteiger partial charge in [-0.15, -0.1) is 0 Å². The first kappa shape index (κ1) is 17.2. The second kappa shape index (κ2) is 7.24. The summed E-state index contributed by atoms with van der Waals surface area (Å²) >= 11 is 1.50. The van der Waals surface area contributed by atoms with Gasteiger partial charge in [0, 0.05) is 5.92 Å². The molecule has 5 rings (SSSR count). The average Bonchev–Trinajstić information content (AvgIpc) is 3.33. The molecule has 4 nitrogen and oxygen atoms in total. The lowest BCUT2D eigenvalue weighted by Gasteiger charge is -2.29. The Kier molecular flexibility index (Phi) is 4.45. The molecular weight excluding hydrogens is 364 g/mol. The van der Waals surface area contributed by atoms with Crippen LogP contribution in [0.1, 0.15) is 36.4 Å². The van der Waals surface area contributed by atoms with Crippen LogP contribution in [0.25, 0.3) is 6.08 Å². The van der Waals surface area contributed by atoms with Crippen LogP contribution in [0.5, 0.6) is 0 Å². The van der Waals surface area contributed by atoms with Crippen molar-refractivity contribution >= 4 is 33.3 Å². The average molecular weight is 387 g/mol. The molecule has 0 saturated heterocycles. The number of hydrazone groups is 1. The Hall–Kier alpha value is -2.92. The van der Waals surface area contributed by atoms with Crippen LogP contribution in [0.4, 0.5) is 10.1 Å². The van der Waals surface area contributed by atoms with Gasteiger partial charge in [-0.1, -0.05) is 72.0 Å². The van der Waals surface area contributed by atoms with Gasteiger partial charge in [0.25, 0.3) is 0 Å². The van der Waals surface area contributed by atoms with E-state index in [1.807, 2.05) is 6.20 Å². The highest BCUT2D eigenvalue weighted by Crippen LogP contribution is 2.47. The number of anilines is 2. The van der Waals surface area contributed by atoms with E-state index < -0.39 is 0 Å². The molecule has 1 aromatic heterocycles. The van der Waals surface area contributed by atoms with Crippen molar-refractivity contribution in [1.29, 1.82) is 0 Å². The Labute approximate surface area is 169 Å². The lowest BCUT2D eigenvalue weighted by molar-refractivity contribution is 0.489. The number of nitrogens with two attached hydrogens (primary N) is 1. The molecule has 1 fully saturated rings. The van der Waals surface area contributed by atoms with Gasteiger partial charge in [0.2, 0.25) is 0 Å². The van der Waals surface area contributed by atoms with Gasteiger partial charge in [0.15, 0.2) is 5.13 Å². The number of rotatable bonds is 3. The van der Waals surface area contributed by atoms with Crippen LogP contribution in [-0.2, 0) is 0 Å². The number of nitrogen functional groups attached to an aromatic ring is 1. The predicted molar refractivity (Wildman–Crippen MR) is 117 cm³/mol. The van der Waals surface area contributed by atoms with E-state index >= 15 is 0 Å². The van der Waals surface area contributed by atoms with Crippen molar-refractivity contribution in [2.24, 2.45) is 11.0 Å². The van der Waals surface area contributed by atoms with Crippen molar-refractivity contribution in [3.8, 4) is 0 Å². The summed E-state index contributed by atoms with van der Waals surface area (Å²) in [4.78, 5) is 4.26. The van der Waals surface area contributed by atoms with Crippen LogP contribution in [0.2, 0.25) is 0 Å². The van der Waals surface area contributed by atoms with Gasteiger partial charge in [0.1, 0.15) is 5.00 Å². The molecule has 2 aromatic carbocycles. The molecule has 2 N–H and O–H groups in total. The highest BCUT2D eigenvalue weighted by atomic mass is 32.1. The Morgan fingerprint density at radius 1 is 1.04 bits per heavy atom. The second-order valence-electron chi connectivity index (χ2n) is 7.30. The minimum atomic E-state index is 0.190. The van der Waals surface area contributed by atoms with Crippen molar-refractivity contribution in [3.05, 3.63) is 83.6 Å². The van der Waals surface area contributed by atoms with E-state index in [0.717, 1.165) is 17.8 Å². The first-order valence-corrected chi connectivity index (χ1v) is 10.5. The van der Waals surface area contributed by atoms with Gasteiger partial charge in [-0.3, -0.25) is 0 Å². The Morgan fingerprint density at radius 2 is 1.79 bits per heavy atom. The number of fused-ring (bicyclic) bond motifs is 1. The third-order valence-corrected chi connectivity index (χ3v) is 6.34. The molecule has 1 aliphatic carbocycles. The molecule has 3 aromatic rings. The third-order valence-electron chi connectivity index (χ3n) is 5.52. The maximum absolute atomic E-state index is 5.93. The van der Waals surface area contributed by atoms with Crippen LogP contribution in [0.15, 0.2) is 77.5 Å². The van der Waals surface area contributed by atoms with Crippen LogP contribution in [0, 0.1) is 5.92 Å². The van der Waals surface area contributed by atoms with Gasteiger partial charge >= 0.3 is 0 Å². The van der Waals surface area contributed by atoms with Crippen molar-refractivity contribution in [2.45, 2.75) is 25.3 Å². The van der Waals surface area contributed by atoms with Crippen molar-refractivity contribution in [2.75, 3.05) is 10.7 Å². The topological polar surface area (TPSA) is 54.5 Å². The van der Waals surface area contributed by atoms with Gasteiger partial charge in [0.05, 0.1) is 18.0 Å². The Bertz CT molecular complexity index is 1020. The van der Waals surface area contributed by atoms with Gasteiger partial charge in [-0.2, -0.15) is 5.10 Å². The summed E-state index contributed by atoms with van der Waals surface area (Å²) < 4.78 is 0. The maximum Gasteiger partial charge on any atom is 0.182 e. The zero-order valence-corrected chi connectivity index (χ0v) is 16.3. The summed E-state index contributed by atoms with van der Waals surface area (Å²) in [7, 11) is 0. The smallest absolute Gasteiger partial charge is 0.182 e. The fourth-order valence-corrected chi connectivity index (χ4v) is 4.97. The molecule has 0 amide bonds. The highest BCUT2D eigenvalue weighted by Gasteiger charge is 2.42. The second-order valence-corrected chi connectivity index (χ2v) is 8.34. The fourth-order valence-electron chi connectivity index (χ4n) is 4.30. The van der Waals surface area contributed by atoms with Crippen LogP contribution < -0.4 is 10.7 Å². The SMILES string of the molecule is Nc1ncc(N2N=C3/C(=C/c4ccccc4)CCC[C@@H]3[C@H]2c2ccccc2)s1. The largest absolute Gasteiger partial charge is 0.375 e. The summed E-state index contributed by atoms with van der Waals surface area (Å²) in [5.41, 5.74) is 11.0. The molecular formula is C23H22N4S. The Morgan fingerprint density at radius 3 is 2.50 bits per heavy atom. The van der Waals surface area contributed by atoms with Crippen molar-refractivity contribution in [1.82, 2.24) is 4.98 Å². The van der Waals surface area contributed by atoms with Gasteiger partial charge in [-0.25, -0.2) is 9.99 Å². The summed E-state index contributed by atoms with van der Waals surface area (Å²) in [6.07, 6.45) is 7.56. The first-order valence-electron chi connectivity index (χ1n) is 9.69. The number of nitrogens with zero attached hydrogens (tertiary/aromatic N) is 3. The summed E-state index contributed by atoms with van der Waals surface area (Å²) in [5, 5.41) is 8.86. The number of thiazole rings is 1. The van der Waals surface area contributed by atoms with Gasteiger partial charge in [-0.05, 0) is 42.0 Å². The number of aromatic nitrogens is 1. The molecule has 0 bridgehead atoms. The molecule has 1 saturated carbocycles. The van der Waals surface area contributed by atoms with E-state index in [1.165, 1.54) is 40.2 Å². The van der Waals surface area contributed by atoms with E-state index in [0.29, 0.717) is 11.0 Å². The molecule has 2 atom stereocenters. The standard InChI is InChI=1S/C23H22N4S/c24-23-25-15-20(28-23)27-22(17-10-5-2-6-11-17)19-13-7-12-18(21(19)26-27)14-16-8-3-1-4-9-16/h1-6,8-11,14-15,19,22H,7,12-13H2,(H2,24,25)/b18-14+/t19-,22+/m0/s1. The third kappa shape index (κ3) is 3.12. The molecule has 0 unspecified atom stereocenters. The van der Waals surface area contributed by atoms with Crippen LogP contribution in [-0.4, -0.2) is 10.7 Å². The van der Waals surface area contributed by atoms with Crippen molar-refractivity contribution in [3.63, 3.8) is 0 Å². The fraction of sp³-hybridized carbons (Fsp3) is 0.217. The zero-order chi connectivity index (χ0) is 18.9. The molecule has 2 aliphatic rings.